The number of fused-ring (bicyclic) bond motifs is 1. The first kappa shape index (κ1) is 13.4. The fourth-order valence-corrected chi connectivity index (χ4v) is 2.24. The first-order valence-electron chi connectivity index (χ1n) is 6.79. The Bertz CT molecular complexity index is 754. The van der Waals surface area contributed by atoms with Gasteiger partial charge in [0.2, 0.25) is 0 Å². The van der Waals surface area contributed by atoms with Gasteiger partial charge in [-0.25, -0.2) is 0 Å². The molecule has 2 aromatic carbocycles. The zero-order valence-electron chi connectivity index (χ0n) is 11.5. The summed E-state index contributed by atoms with van der Waals surface area (Å²) in [4.78, 5) is 4.29. The van der Waals surface area contributed by atoms with E-state index in [9.17, 15) is 0 Å². The number of nitrogen functional groups attached to an aromatic ring is 1. The molecule has 21 heavy (non-hydrogen) atoms. The molecule has 0 spiro atoms. The molecule has 0 bridgehead atoms. The van der Waals surface area contributed by atoms with E-state index in [0.717, 1.165) is 28.0 Å². The van der Waals surface area contributed by atoms with Gasteiger partial charge < -0.3 is 15.6 Å². The fraction of sp³-hybridized carbons (Fsp3) is 0.118. The average molecular weight is 280 g/mol. The molecule has 0 aliphatic carbocycles. The van der Waals surface area contributed by atoms with Crippen LogP contribution in [0, 0.1) is 0 Å². The molecule has 0 amide bonds. The highest BCUT2D eigenvalue weighted by Crippen LogP contribution is 2.31. The van der Waals surface area contributed by atoms with Crippen LogP contribution in [0.2, 0.25) is 0 Å². The molecule has 0 radical (unpaired) electrons. The van der Waals surface area contributed by atoms with E-state index < -0.39 is 0 Å². The van der Waals surface area contributed by atoms with Crippen molar-refractivity contribution in [2.24, 2.45) is 0 Å². The van der Waals surface area contributed by atoms with E-state index in [-0.39, 0.29) is 6.61 Å². The van der Waals surface area contributed by atoms with E-state index >= 15 is 0 Å². The second-order valence-corrected chi connectivity index (χ2v) is 4.77. The quantitative estimate of drug-likeness (QED) is 0.720. The van der Waals surface area contributed by atoms with Crippen molar-refractivity contribution in [1.82, 2.24) is 4.98 Å². The van der Waals surface area contributed by atoms with Crippen LogP contribution in [0.15, 0.2) is 54.7 Å². The number of pyridine rings is 1. The van der Waals surface area contributed by atoms with E-state index in [1.807, 2.05) is 48.5 Å². The molecule has 4 nitrogen and oxygen atoms in total. The Labute approximate surface area is 122 Å². The minimum Gasteiger partial charge on any atom is -0.457 e. The van der Waals surface area contributed by atoms with Gasteiger partial charge in [-0.2, -0.15) is 0 Å². The van der Waals surface area contributed by atoms with Crippen LogP contribution >= 0.6 is 0 Å². The molecular formula is C17H16N2O2. The second-order valence-electron chi connectivity index (χ2n) is 4.77. The van der Waals surface area contributed by atoms with Gasteiger partial charge >= 0.3 is 0 Å². The number of hydrogen-bond acceptors (Lipinski definition) is 4. The Morgan fingerprint density at radius 2 is 1.86 bits per heavy atom. The minimum absolute atomic E-state index is 0.147. The number of benzene rings is 2. The summed E-state index contributed by atoms with van der Waals surface area (Å²) < 4.78 is 5.92. The lowest BCUT2D eigenvalue weighted by atomic mass is 10.1. The number of aromatic nitrogens is 1. The number of hydrogen-bond donors (Lipinski definition) is 2. The largest absolute Gasteiger partial charge is 0.457 e. The number of anilines is 1. The predicted octanol–water partition coefficient (Wildman–Crippen LogP) is 3.14. The highest BCUT2D eigenvalue weighted by molar-refractivity contribution is 5.93. The van der Waals surface area contributed by atoms with Crippen molar-refractivity contribution in [3.8, 4) is 11.5 Å². The summed E-state index contributed by atoms with van der Waals surface area (Å²) in [5, 5.41) is 9.80. The number of aliphatic hydroxyl groups excluding tert-OH is 1. The van der Waals surface area contributed by atoms with Gasteiger partial charge in [0, 0.05) is 18.2 Å². The van der Waals surface area contributed by atoms with Gasteiger partial charge in [0.1, 0.15) is 11.5 Å². The monoisotopic (exact) mass is 280 g/mol. The molecule has 0 unspecified atom stereocenters. The molecule has 0 saturated carbocycles. The maximum atomic E-state index is 8.92. The Balaban J connectivity index is 1.93. The van der Waals surface area contributed by atoms with Crippen LogP contribution in [0.1, 0.15) is 5.56 Å². The normalized spacial score (nSPS) is 10.7. The summed E-state index contributed by atoms with van der Waals surface area (Å²) in [5.74, 6) is 1.47. The maximum absolute atomic E-state index is 8.92. The highest BCUT2D eigenvalue weighted by Gasteiger charge is 2.06. The third kappa shape index (κ3) is 2.80. The number of nitrogens with zero attached hydrogens (tertiary/aromatic N) is 1. The molecule has 0 aliphatic heterocycles. The zero-order chi connectivity index (χ0) is 14.7. The minimum atomic E-state index is 0.147. The van der Waals surface area contributed by atoms with Crippen molar-refractivity contribution in [2.75, 3.05) is 12.3 Å². The Kier molecular flexibility index (Phi) is 3.71. The number of aliphatic hydroxyl groups is 1. The molecule has 106 valence electrons. The van der Waals surface area contributed by atoms with E-state index in [2.05, 4.69) is 4.98 Å². The molecule has 0 aliphatic rings. The Morgan fingerprint density at radius 3 is 2.62 bits per heavy atom. The molecule has 3 N–H and O–H groups in total. The fourth-order valence-electron chi connectivity index (χ4n) is 2.24. The third-order valence-corrected chi connectivity index (χ3v) is 3.31. The molecule has 3 rings (SSSR count). The summed E-state index contributed by atoms with van der Waals surface area (Å²) >= 11 is 0. The van der Waals surface area contributed by atoms with Gasteiger partial charge in [-0.15, -0.1) is 0 Å². The summed E-state index contributed by atoms with van der Waals surface area (Å²) in [6, 6.07) is 15.1. The highest BCUT2D eigenvalue weighted by atomic mass is 16.5. The van der Waals surface area contributed by atoms with Gasteiger partial charge in [0.05, 0.1) is 11.2 Å². The lowest BCUT2D eigenvalue weighted by molar-refractivity contribution is 0.299. The van der Waals surface area contributed by atoms with Gasteiger partial charge in [-0.05, 0) is 42.3 Å². The van der Waals surface area contributed by atoms with Crippen molar-refractivity contribution in [1.29, 1.82) is 0 Å². The van der Waals surface area contributed by atoms with Crippen LogP contribution in [-0.4, -0.2) is 16.7 Å². The molecular weight excluding hydrogens is 264 g/mol. The molecule has 1 heterocycles. The van der Waals surface area contributed by atoms with Crippen LogP contribution in [0.4, 0.5) is 5.69 Å². The van der Waals surface area contributed by atoms with Crippen molar-refractivity contribution in [3.05, 3.63) is 60.3 Å². The Hall–Kier alpha value is -2.59. The van der Waals surface area contributed by atoms with Crippen LogP contribution in [0.3, 0.4) is 0 Å². The van der Waals surface area contributed by atoms with Crippen molar-refractivity contribution < 1.29 is 9.84 Å². The summed E-state index contributed by atoms with van der Waals surface area (Å²) in [7, 11) is 0. The Morgan fingerprint density at radius 1 is 1.05 bits per heavy atom. The number of para-hydroxylation sites is 1. The standard InChI is InChI=1S/C17H16N2O2/c18-15-3-1-2-14-16(8-10-19-17(14)15)21-13-6-4-12(5-7-13)9-11-20/h1-8,10,20H,9,11,18H2. The lowest BCUT2D eigenvalue weighted by Gasteiger charge is -2.10. The van der Waals surface area contributed by atoms with E-state index in [1.54, 1.807) is 6.20 Å². The number of nitrogens with two attached hydrogens (primary N) is 1. The second kappa shape index (κ2) is 5.81. The van der Waals surface area contributed by atoms with Gasteiger partial charge in [-0.3, -0.25) is 4.98 Å². The van der Waals surface area contributed by atoms with E-state index in [4.69, 9.17) is 15.6 Å². The predicted molar refractivity (Wildman–Crippen MR) is 83.5 cm³/mol. The van der Waals surface area contributed by atoms with Crippen molar-refractivity contribution in [2.45, 2.75) is 6.42 Å². The molecule has 4 heteroatoms. The number of rotatable bonds is 4. The van der Waals surface area contributed by atoms with Gasteiger partial charge in [0.25, 0.3) is 0 Å². The summed E-state index contributed by atoms with van der Waals surface area (Å²) in [6.45, 7) is 0.147. The van der Waals surface area contributed by atoms with Crippen molar-refractivity contribution in [3.63, 3.8) is 0 Å². The lowest BCUT2D eigenvalue weighted by Crippen LogP contribution is -1.93. The topological polar surface area (TPSA) is 68.4 Å². The van der Waals surface area contributed by atoms with Crippen molar-refractivity contribution >= 4 is 16.6 Å². The van der Waals surface area contributed by atoms with Crippen LogP contribution in [-0.2, 0) is 6.42 Å². The molecule has 0 fully saturated rings. The summed E-state index contributed by atoms with van der Waals surface area (Å²) in [5.41, 5.74) is 8.39. The average Bonchev–Trinajstić information content (AvgIpc) is 2.51. The summed E-state index contributed by atoms with van der Waals surface area (Å²) in [6.07, 6.45) is 2.34. The molecule has 0 saturated heterocycles. The van der Waals surface area contributed by atoms with Crippen LogP contribution in [0.5, 0.6) is 11.5 Å². The SMILES string of the molecule is Nc1cccc2c(Oc3ccc(CCO)cc3)ccnc12. The van der Waals surface area contributed by atoms with Crippen LogP contribution < -0.4 is 10.5 Å². The van der Waals surface area contributed by atoms with Gasteiger partial charge in [-0.1, -0.05) is 18.2 Å². The van der Waals surface area contributed by atoms with E-state index in [0.29, 0.717) is 12.1 Å². The number of ether oxygens (including phenoxy) is 1. The van der Waals surface area contributed by atoms with Gasteiger partial charge in [0.15, 0.2) is 0 Å². The molecule has 1 aromatic heterocycles. The maximum Gasteiger partial charge on any atom is 0.138 e. The smallest absolute Gasteiger partial charge is 0.138 e. The zero-order valence-corrected chi connectivity index (χ0v) is 11.5. The van der Waals surface area contributed by atoms with E-state index in [1.165, 1.54) is 0 Å². The molecule has 0 atom stereocenters. The third-order valence-electron chi connectivity index (χ3n) is 3.31. The first-order valence-corrected chi connectivity index (χ1v) is 6.79. The molecule has 3 aromatic rings. The first-order chi connectivity index (χ1) is 10.3. The van der Waals surface area contributed by atoms with Crippen LogP contribution in [0.25, 0.3) is 10.9 Å².